The summed E-state index contributed by atoms with van der Waals surface area (Å²) in [4.78, 5) is 33.7. The quantitative estimate of drug-likeness (QED) is 0.209. The van der Waals surface area contributed by atoms with Crippen molar-refractivity contribution in [3.05, 3.63) is 102 Å². The molecule has 0 atom stereocenters. The van der Waals surface area contributed by atoms with Gasteiger partial charge in [0.1, 0.15) is 29.7 Å². The molecule has 51 heavy (non-hydrogen) atoms. The number of aromatic nitrogens is 3. The standard InChI is InChI=1S/C40H45FN6O4/c1-26(2)47(29-16-39(3,49)17-29)38(48)31-15-28(41)9-10-34(31)51-36-20-42-25-44-37(36)46-23-40(24-46)18-30(19-40)50-35-11-13-43-33-12-14-45(22-32(33)35)21-27-7-5-4-6-8-27/h4-11,13,15,20,25-26,29-30,49H,12,14,16-19,21-24H2,1-3H3. The zero-order valence-electron chi connectivity index (χ0n) is 29.5. The Balaban J connectivity index is 0.913. The summed E-state index contributed by atoms with van der Waals surface area (Å²) in [6, 6.07) is 16.3. The largest absolute Gasteiger partial charge is 0.490 e. The highest BCUT2D eigenvalue weighted by Crippen LogP contribution is 2.52. The van der Waals surface area contributed by atoms with E-state index in [2.05, 4.69) is 55.1 Å². The molecule has 10 nitrogen and oxygen atoms in total. The van der Waals surface area contributed by atoms with Gasteiger partial charge < -0.3 is 24.4 Å². The number of carbonyl (C=O) groups excluding carboxylic acids is 1. The van der Waals surface area contributed by atoms with E-state index < -0.39 is 11.4 Å². The third kappa shape index (κ3) is 6.77. The summed E-state index contributed by atoms with van der Waals surface area (Å²) in [5.74, 6) is 1.38. The van der Waals surface area contributed by atoms with Crippen molar-refractivity contribution in [2.24, 2.45) is 5.41 Å². The maximum Gasteiger partial charge on any atom is 0.258 e. The number of fused-ring (bicyclic) bond motifs is 1. The fraction of sp³-hybridized carbons (Fsp3) is 0.450. The Morgan fingerprint density at radius 3 is 2.57 bits per heavy atom. The van der Waals surface area contributed by atoms with E-state index in [1.165, 1.54) is 35.7 Å². The van der Waals surface area contributed by atoms with Crippen LogP contribution in [-0.2, 0) is 19.5 Å². The maximum atomic E-state index is 14.6. The van der Waals surface area contributed by atoms with Gasteiger partial charge in [-0.15, -0.1) is 0 Å². The van der Waals surface area contributed by atoms with Crippen molar-refractivity contribution >= 4 is 11.7 Å². The predicted octanol–water partition coefficient (Wildman–Crippen LogP) is 6.17. The average Bonchev–Trinajstić information content (AvgIpc) is 3.06. The average molecular weight is 693 g/mol. The third-order valence-corrected chi connectivity index (χ3v) is 11.0. The molecule has 2 saturated carbocycles. The lowest BCUT2D eigenvalue weighted by Gasteiger charge is -2.59. The predicted molar refractivity (Wildman–Crippen MR) is 190 cm³/mol. The lowest BCUT2D eigenvalue weighted by molar-refractivity contribution is -0.0750. The molecule has 266 valence electrons. The molecule has 8 rings (SSSR count). The number of nitrogens with zero attached hydrogens (tertiary/aromatic N) is 6. The molecule has 3 fully saturated rings. The molecular formula is C40H45FN6O4. The maximum absolute atomic E-state index is 14.6. The van der Waals surface area contributed by atoms with Gasteiger partial charge in [0.2, 0.25) is 0 Å². The summed E-state index contributed by atoms with van der Waals surface area (Å²) in [6.07, 6.45) is 8.85. The Bertz CT molecular complexity index is 1900. The normalized spacial score (nSPS) is 22.5. The van der Waals surface area contributed by atoms with Crippen LogP contribution < -0.4 is 14.4 Å². The topological polar surface area (TPSA) is 104 Å². The van der Waals surface area contributed by atoms with Gasteiger partial charge in [-0.25, -0.2) is 14.4 Å². The highest BCUT2D eigenvalue weighted by Gasteiger charge is 2.54. The summed E-state index contributed by atoms with van der Waals surface area (Å²) in [6.45, 7) is 9.94. The van der Waals surface area contributed by atoms with E-state index in [4.69, 9.17) is 9.47 Å². The number of amides is 1. The number of pyridine rings is 1. The Morgan fingerprint density at radius 1 is 1.04 bits per heavy atom. The highest BCUT2D eigenvalue weighted by atomic mass is 19.1. The van der Waals surface area contributed by atoms with Crippen LogP contribution in [0.2, 0.25) is 0 Å². The van der Waals surface area contributed by atoms with Gasteiger partial charge in [-0.1, -0.05) is 30.3 Å². The molecule has 0 radical (unpaired) electrons. The molecule has 4 aromatic rings. The second-order valence-corrected chi connectivity index (χ2v) is 15.5. The van der Waals surface area contributed by atoms with Crippen LogP contribution in [0.1, 0.15) is 73.6 Å². The first-order valence-corrected chi connectivity index (χ1v) is 18.0. The summed E-state index contributed by atoms with van der Waals surface area (Å²) in [5.41, 5.74) is 3.11. The van der Waals surface area contributed by atoms with Crippen LogP contribution in [0.4, 0.5) is 10.2 Å². The Kier molecular flexibility index (Phi) is 8.66. The minimum Gasteiger partial charge on any atom is -0.490 e. The number of benzene rings is 2. The lowest BCUT2D eigenvalue weighted by Crippen LogP contribution is -2.65. The molecule has 2 aromatic carbocycles. The van der Waals surface area contributed by atoms with Gasteiger partial charge in [-0.3, -0.25) is 14.7 Å². The van der Waals surface area contributed by atoms with Crippen molar-refractivity contribution in [3.63, 3.8) is 0 Å². The number of carbonyl (C=O) groups is 1. The van der Waals surface area contributed by atoms with Gasteiger partial charge in [0.25, 0.3) is 5.91 Å². The molecule has 1 N–H and O–H groups in total. The van der Waals surface area contributed by atoms with Crippen LogP contribution in [0.3, 0.4) is 0 Å². The van der Waals surface area contributed by atoms with Crippen LogP contribution in [-0.4, -0.2) is 79.2 Å². The Labute approximate surface area is 298 Å². The molecule has 1 amide bonds. The summed E-state index contributed by atoms with van der Waals surface area (Å²) < 4.78 is 27.5. The zero-order chi connectivity index (χ0) is 35.3. The summed E-state index contributed by atoms with van der Waals surface area (Å²) in [5, 5.41) is 10.4. The second-order valence-electron chi connectivity index (χ2n) is 15.5. The number of rotatable bonds is 10. The molecule has 11 heteroatoms. The molecular weight excluding hydrogens is 647 g/mol. The van der Waals surface area contributed by atoms with Crippen LogP contribution in [0.5, 0.6) is 17.2 Å². The van der Waals surface area contributed by atoms with Crippen LogP contribution in [0.15, 0.2) is 73.3 Å². The minimum absolute atomic E-state index is 0.130. The van der Waals surface area contributed by atoms with Crippen molar-refractivity contribution in [2.45, 2.75) is 89.8 Å². The van der Waals surface area contributed by atoms with Gasteiger partial charge in [0.15, 0.2) is 11.6 Å². The van der Waals surface area contributed by atoms with Crippen molar-refractivity contribution < 1.29 is 23.8 Å². The molecule has 0 unspecified atom stereocenters. The van der Waals surface area contributed by atoms with Crippen molar-refractivity contribution in [1.29, 1.82) is 0 Å². The highest BCUT2D eigenvalue weighted by molar-refractivity contribution is 5.97. The molecule has 2 aliphatic heterocycles. The van der Waals surface area contributed by atoms with Gasteiger partial charge >= 0.3 is 0 Å². The van der Waals surface area contributed by atoms with Gasteiger partial charge in [-0.2, -0.15) is 0 Å². The van der Waals surface area contributed by atoms with Gasteiger partial charge in [0.05, 0.1) is 17.4 Å². The fourth-order valence-electron chi connectivity index (χ4n) is 8.50. The van der Waals surface area contributed by atoms with E-state index in [-0.39, 0.29) is 40.8 Å². The fourth-order valence-corrected chi connectivity index (χ4v) is 8.50. The number of hydrogen-bond donors (Lipinski definition) is 1. The van der Waals surface area contributed by atoms with Gasteiger partial charge in [-0.05, 0) is 76.3 Å². The molecule has 4 aliphatic rings. The molecule has 2 aromatic heterocycles. The molecule has 4 heterocycles. The number of halogens is 1. The van der Waals surface area contributed by atoms with Crippen LogP contribution in [0.25, 0.3) is 0 Å². The van der Waals surface area contributed by atoms with Crippen molar-refractivity contribution in [3.8, 4) is 17.2 Å². The van der Waals surface area contributed by atoms with Crippen molar-refractivity contribution in [1.82, 2.24) is 24.8 Å². The number of ether oxygens (including phenoxy) is 2. The van der Waals surface area contributed by atoms with Gasteiger partial charge in [0, 0.05) is 74.1 Å². The first-order chi connectivity index (χ1) is 24.5. The number of aliphatic hydroxyl groups is 1. The SMILES string of the molecule is CC(C)N(C(=O)c1cc(F)ccc1Oc1cncnc1N1CC2(CC(Oc3ccnc4c3CN(Cc3ccccc3)CC4)C2)C1)C1CC(C)(O)C1. The van der Waals surface area contributed by atoms with Crippen LogP contribution >= 0.6 is 0 Å². The minimum atomic E-state index is -0.806. The van der Waals surface area contributed by atoms with E-state index in [1.54, 1.807) is 18.0 Å². The monoisotopic (exact) mass is 692 g/mol. The second kappa shape index (κ2) is 13.2. The Morgan fingerprint density at radius 2 is 1.82 bits per heavy atom. The third-order valence-electron chi connectivity index (χ3n) is 11.0. The van der Waals surface area contributed by atoms with E-state index in [9.17, 15) is 14.3 Å². The first-order valence-electron chi connectivity index (χ1n) is 18.0. The van der Waals surface area contributed by atoms with Crippen LogP contribution in [0, 0.1) is 11.2 Å². The van der Waals surface area contributed by atoms with E-state index >= 15 is 0 Å². The van der Waals surface area contributed by atoms with E-state index in [0.29, 0.717) is 24.4 Å². The lowest BCUT2D eigenvalue weighted by atomic mass is 9.61. The van der Waals surface area contributed by atoms with E-state index in [1.807, 2.05) is 26.1 Å². The summed E-state index contributed by atoms with van der Waals surface area (Å²) >= 11 is 0. The number of hydrogen-bond acceptors (Lipinski definition) is 9. The zero-order valence-corrected chi connectivity index (χ0v) is 29.5. The summed E-state index contributed by atoms with van der Waals surface area (Å²) in [7, 11) is 0. The molecule has 1 spiro atoms. The van der Waals surface area contributed by atoms with E-state index in [0.717, 1.165) is 63.4 Å². The number of anilines is 1. The molecule has 2 aliphatic carbocycles. The van der Waals surface area contributed by atoms with Crippen molar-refractivity contribution in [2.75, 3.05) is 24.5 Å². The molecule has 0 bridgehead atoms. The first kappa shape index (κ1) is 33.5. The smallest absolute Gasteiger partial charge is 0.258 e. The Hall–Kier alpha value is -4.61. The molecule has 1 saturated heterocycles.